The molecule has 3 heterocycles. The number of aromatic nitrogens is 3. The summed E-state index contributed by atoms with van der Waals surface area (Å²) in [5.41, 5.74) is -0.732. The van der Waals surface area contributed by atoms with E-state index in [1.54, 1.807) is 0 Å². The lowest BCUT2D eigenvalue weighted by atomic mass is 10.2. The molecule has 1 fully saturated rings. The quantitative estimate of drug-likeness (QED) is 0.723. The molecule has 27 heavy (non-hydrogen) atoms. The standard InChI is InChI=1S/C16H16F3N7O/c17-16(18,19)12-9-23-14(26-15-24-5-10(4-20)6-25-15)3-13(12)22-8-11-7-21-1-2-27-11/h3,5-6,9,11,21H,1-2,7-8H2,(H2,22,23,24,25,26). The van der Waals surface area contributed by atoms with Gasteiger partial charge in [0.15, 0.2) is 0 Å². The Labute approximate surface area is 152 Å². The molecular formula is C16H16F3N7O. The summed E-state index contributed by atoms with van der Waals surface area (Å²) in [6, 6.07) is 3.12. The van der Waals surface area contributed by atoms with Crippen molar-refractivity contribution in [3.63, 3.8) is 0 Å². The van der Waals surface area contributed by atoms with Gasteiger partial charge in [-0.05, 0) is 0 Å². The minimum absolute atomic E-state index is 0.118. The highest BCUT2D eigenvalue weighted by molar-refractivity contribution is 5.61. The molecule has 1 saturated heterocycles. The molecule has 0 spiro atoms. The molecule has 0 aromatic carbocycles. The van der Waals surface area contributed by atoms with E-state index in [9.17, 15) is 13.2 Å². The SMILES string of the molecule is N#Cc1cnc(Nc2cc(NCC3CNCCO3)c(C(F)(F)F)cn2)nc1. The zero-order chi connectivity index (χ0) is 19.3. The molecule has 2 aromatic heterocycles. The predicted molar refractivity (Wildman–Crippen MR) is 90.4 cm³/mol. The van der Waals surface area contributed by atoms with Gasteiger partial charge >= 0.3 is 6.18 Å². The number of halogens is 3. The Balaban J connectivity index is 1.77. The molecule has 3 N–H and O–H groups in total. The number of ether oxygens (including phenoxy) is 1. The lowest BCUT2D eigenvalue weighted by Crippen LogP contribution is -2.42. The van der Waals surface area contributed by atoms with Gasteiger partial charge in [0.1, 0.15) is 11.9 Å². The maximum Gasteiger partial charge on any atom is 0.419 e. The largest absolute Gasteiger partial charge is 0.419 e. The van der Waals surface area contributed by atoms with Crippen LogP contribution in [-0.4, -0.2) is 47.3 Å². The Kier molecular flexibility index (Phi) is 5.68. The smallest absolute Gasteiger partial charge is 0.382 e. The third kappa shape index (κ3) is 5.02. The topological polar surface area (TPSA) is 108 Å². The van der Waals surface area contributed by atoms with E-state index in [-0.39, 0.29) is 35.7 Å². The van der Waals surface area contributed by atoms with Gasteiger partial charge < -0.3 is 20.7 Å². The van der Waals surface area contributed by atoms with Crippen molar-refractivity contribution in [1.29, 1.82) is 5.26 Å². The molecule has 142 valence electrons. The molecule has 0 amide bonds. The number of pyridine rings is 1. The van der Waals surface area contributed by atoms with Crippen molar-refractivity contribution >= 4 is 17.5 Å². The van der Waals surface area contributed by atoms with Crippen LogP contribution in [0.25, 0.3) is 0 Å². The summed E-state index contributed by atoms with van der Waals surface area (Å²) in [4.78, 5) is 11.6. The maximum atomic E-state index is 13.3. The molecule has 0 aliphatic carbocycles. The second kappa shape index (κ2) is 8.15. The second-order valence-corrected chi connectivity index (χ2v) is 5.72. The molecule has 2 aromatic rings. The first kappa shape index (κ1) is 18.8. The summed E-state index contributed by atoms with van der Waals surface area (Å²) in [6.07, 6.45) is -1.44. The fourth-order valence-electron chi connectivity index (χ4n) is 2.44. The fraction of sp³-hybridized carbons (Fsp3) is 0.375. The number of rotatable bonds is 5. The third-order valence-corrected chi connectivity index (χ3v) is 3.75. The minimum atomic E-state index is -4.55. The predicted octanol–water partition coefficient (Wildman–Crippen LogP) is 1.91. The van der Waals surface area contributed by atoms with Crippen LogP contribution in [-0.2, 0) is 10.9 Å². The third-order valence-electron chi connectivity index (χ3n) is 3.75. The molecule has 0 saturated carbocycles. The van der Waals surface area contributed by atoms with Crippen LogP contribution in [0.4, 0.5) is 30.6 Å². The number of morpholine rings is 1. The van der Waals surface area contributed by atoms with Crippen LogP contribution in [0.3, 0.4) is 0 Å². The van der Waals surface area contributed by atoms with E-state index in [1.807, 2.05) is 6.07 Å². The molecule has 1 aliphatic rings. The van der Waals surface area contributed by atoms with Crippen molar-refractivity contribution in [2.45, 2.75) is 12.3 Å². The lowest BCUT2D eigenvalue weighted by Gasteiger charge is -2.25. The highest BCUT2D eigenvalue weighted by Gasteiger charge is 2.34. The van der Waals surface area contributed by atoms with Crippen molar-refractivity contribution in [3.05, 3.63) is 35.8 Å². The zero-order valence-electron chi connectivity index (χ0n) is 14.0. The van der Waals surface area contributed by atoms with E-state index in [0.29, 0.717) is 13.2 Å². The van der Waals surface area contributed by atoms with E-state index in [0.717, 1.165) is 12.7 Å². The number of nitrogens with one attached hydrogen (secondary N) is 3. The average Bonchev–Trinajstić information content (AvgIpc) is 2.67. The van der Waals surface area contributed by atoms with Crippen LogP contribution in [0.2, 0.25) is 0 Å². The van der Waals surface area contributed by atoms with Gasteiger partial charge in [-0.2, -0.15) is 18.4 Å². The molecule has 1 atom stereocenters. The fourth-order valence-corrected chi connectivity index (χ4v) is 2.44. The number of alkyl halides is 3. The monoisotopic (exact) mass is 379 g/mol. The van der Waals surface area contributed by atoms with Gasteiger partial charge in [-0.3, -0.25) is 0 Å². The van der Waals surface area contributed by atoms with Crippen LogP contribution in [0.15, 0.2) is 24.7 Å². The van der Waals surface area contributed by atoms with Crippen molar-refractivity contribution < 1.29 is 17.9 Å². The van der Waals surface area contributed by atoms with Gasteiger partial charge in [0.2, 0.25) is 5.95 Å². The van der Waals surface area contributed by atoms with E-state index in [4.69, 9.17) is 10.00 Å². The lowest BCUT2D eigenvalue weighted by molar-refractivity contribution is -0.137. The molecule has 0 bridgehead atoms. The summed E-state index contributed by atoms with van der Waals surface area (Å²) >= 11 is 0. The highest BCUT2D eigenvalue weighted by Crippen LogP contribution is 2.35. The summed E-state index contributed by atoms with van der Waals surface area (Å²) in [5.74, 6) is 0.255. The second-order valence-electron chi connectivity index (χ2n) is 5.72. The van der Waals surface area contributed by atoms with Crippen molar-refractivity contribution in [1.82, 2.24) is 20.3 Å². The number of nitrogens with zero attached hydrogens (tertiary/aromatic N) is 4. The van der Waals surface area contributed by atoms with Crippen LogP contribution in [0, 0.1) is 11.3 Å². The molecule has 0 radical (unpaired) electrons. The summed E-state index contributed by atoms with van der Waals surface area (Å²) in [7, 11) is 0. The first-order valence-electron chi connectivity index (χ1n) is 8.08. The maximum absolute atomic E-state index is 13.3. The molecule has 8 nitrogen and oxygen atoms in total. The van der Waals surface area contributed by atoms with Gasteiger partial charge in [0.05, 0.1) is 41.9 Å². The van der Waals surface area contributed by atoms with Crippen molar-refractivity contribution in [2.24, 2.45) is 0 Å². The Bertz CT molecular complexity index is 814. The summed E-state index contributed by atoms with van der Waals surface area (Å²) in [5, 5.41) is 17.4. The summed E-state index contributed by atoms with van der Waals surface area (Å²) < 4.78 is 45.3. The number of anilines is 3. The normalized spacial score (nSPS) is 17.2. The number of nitriles is 1. The van der Waals surface area contributed by atoms with Crippen LogP contribution in [0.1, 0.15) is 11.1 Å². The molecule has 3 rings (SSSR count). The molecule has 1 aliphatic heterocycles. The van der Waals surface area contributed by atoms with Gasteiger partial charge in [-0.25, -0.2) is 15.0 Å². The van der Waals surface area contributed by atoms with Gasteiger partial charge in [-0.1, -0.05) is 0 Å². The van der Waals surface area contributed by atoms with Gasteiger partial charge in [-0.15, -0.1) is 0 Å². The Morgan fingerprint density at radius 2 is 2.04 bits per heavy atom. The minimum Gasteiger partial charge on any atom is -0.382 e. The van der Waals surface area contributed by atoms with Crippen LogP contribution < -0.4 is 16.0 Å². The number of hydrogen-bond donors (Lipinski definition) is 3. The van der Waals surface area contributed by atoms with Gasteiger partial charge in [0, 0.05) is 31.9 Å². The zero-order valence-corrected chi connectivity index (χ0v) is 14.0. The van der Waals surface area contributed by atoms with Gasteiger partial charge in [0.25, 0.3) is 0 Å². The van der Waals surface area contributed by atoms with E-state index >= 15 is 0 Å². The molecule has 11 heteroatoms. The highest BCUT2D eigenvalue weighted by atomic mass is 19.4. The first-order chi connectivity index (χ1) is 13.0. The van der Waals surface area contributed by atoms with E-state index in [1.165, 1.54) is 18.5 Å². The van der Waals surface area contributed by atoms with Crippen molar-refractivity contribution in [2.75, 3.05) is 36.9 Å². The van der Waals surface area contributed by atoms with E-state index < -0.39 is 11.7 Å². The first-order valence-corrected chi connectivity index (χ1v) is 8.08. The number of hydrogen-bond acceptors (Lipinski definition) is 8. The molecule has 1 unspecified atom stereocenters. The average molecular weight is 379 g/mol. The summed E-state index contributed by atoms with van der Waals surface area (Å²) in [6.45, 7) is 2.01. The van der Waals surface area contributed by atoms with Crippen LogP contribution >= 0.6 is 0 Å². The van der Waals surface area contributed by atoms with Crippen molar-refractivity contribution in [3.8, 4) is 6.07 Å². The Hall–Kier alpha value is -2.97. The molecular weight excluding hydrogens is 363 g/mol. The Morgan fingerprint density at radius 3 is 2.67 bits per heavy atom. The van der Waals surface area contributed by atoms with Crippen LogP contribution in [0.5, 0.6) is 0 Å². The Morgan fingerprint density at radius 1 is 1.26 bits per heavy atom. The van der Waals surface area contributed by atoms with E-state index in [2.05, 4.69) is 30.9 Å².